The largest absolute Gasteiger partial charge is 0.326 e. The number of aryl methyl sites for hydroxylation is 1. The second kappa shape index (κ2) is 5.28. The minimum absolute atomic E-state index is 0.642. The molecule has 1 aromatic rings. The molecule has 0 aliphatic heterocycles. The van der Waals surface area contributed by atoms with Gasteiger partial charge in [-0.1, -0.05) is 20.3 Å². The zero-order chi connectivity index (χ0) is 13.4. The van der Waals surface area contributed by atoms with Crippen LogP contribution in [0.5, 0.6) is 0 Å². The van der Waals surface area contributed by atoms with E-state index in [1.54, 1.807) is 0 Å². The predicted molar refractivity (Wildman–Crippen MR) is 77.8 cm³/mol. The third-order valence-corrected chi connectivity index (χ3v) is 5.42. The molecule has 0 amide bonds. The van der Waals surface area contributed by atoms with Gasteiger partial charge in [0.05, 0.1) is 5.69 Å². The summed E-state index contributed by atoms with van der Waals surface area (Å²) in [4.78, 5) is 0. The van der Waals surface area contributed by atoms with Crippen molar-refractivity contribution in [3.05, 3.63) is 17.0 Å². The van der Waals surface area contributed by atoms with Crippen LogP contribution in [0.1, 0.15) is 56.5 Å². The number of rotatable bonds is 5. The van der Waals surface area contributed by atoms with Crippen LogP contribution in [0.4, 0.5) is 0 Å². The van der Waals surface area contributed by atoms with Gasteiger partial charge in [-0.3, -0.25) is 4.68 Å². The molecule has 2 fully saturated rings. The van der Waals surface area contributed by atoms with Crippen molar-refractivity contribution in [3.63, 3.8) is 0 Å². The highest BCUT2D eigenvalue weighted by Gasteiger charge is 2.39. The normalized spacial score (nSPS) is 29.3. The number of aromatic nitrogens is 2. The smallest absolute Gasteiger partial charge is 0.0669 e. The van der Waals surface area contributed by atoms with E-state index in [1.807, 2.05) is 0 Å². The third kappa shape index (κ3) is 2.22. The van der Waals surface area contributed by atoms with Crippen LogP contribution >= 0.6 is 0 Å². The van der Waals surface area contributed by atoms with Crippen molar-refractivity contribution in [2.24, 2.45) is 23.5 Å². The van der Waals surface area contributed by atoms with Crippen molar-refractivity contribution in [2.75, 3.05) is 0 Å². The van der Waals surface area contributed by atoms with Gasteiger partial charge in [-0.15, -0.1) is 0 Å². The van der Waals surface area contributed by atoms with Crippen LogP contribution in [0, 0.1) is 17.8 Å². The molecule has 3 nitrogen and oxygen atoms in total. The zero-order valence-electron chi connectivity index (χ0n) is 12.4. The molecule has 2 aliphatic carbocycles. The van der Waals surface area contributed by atoms with Crippen molar-refractivity contribution in [1.29, 1.82) is 0 Å². The van der Waals surface area contributed by atoms with Crippen molar-refractivity contribution >= 4 is 0 Å². The number of hydrogen-bond acceptors (Lipinski definition) is 2. The number of nitrogens with two attached hydrogens (primary N) is 1. The molecular weight excluding hydrogens is 234 g/mol. The molecule has 1 heterocycles. The number of hydrogen-bond donors (Lipinski definition) is 1. The van der Waals surface area contributed by atoms with Crippen LogP contribution in [0.15, 0.2) is 0 Å². The molecule has 0 spiro atoms. The first-order valence-electron chi connectivity index (χ1n) is 8.04. The van der Waals surface area contributed by atoms with Gasteiger partial charge >= 0.3 is 0 Å². The van der Waals surface area contributed by atoms with Crippen LogP contribution in [0.2, 0.25) is 0 Å². The van der Waals surface area contributed by atoms with Gasteiger partial charge in [0.2, 0.25) is 0 Å². The first-order valence-corrected chi connectivity index (χ1v) is 8.04. The molecule has 2 bridgehead atoms. The summed E-state index contributed by atoms with van der Waals surface area (Å²) in [6, 6.07) is 0. The summed E-state index contributed by atoms with van der Waals surface area (Å²) in [5.41, 5.74) is 9.86. The van der Waals surface area contributed by atoms with E-state index in [9.17, 15) is 0 Å². The minimum Gasteiger partial charge on any atom is -0.326 e. The lowest BCUT2D eigenvalue weighted by Gasteiger charge is -2.22. The summed E-state index contributed by atoms with van der Waals surface area (Å²) in [6.45, 7) is 6.19. The summed E-state index contributed by atoms with van der Waals surface area (Å²) >= 11 is 0. The Hall–Kier alpha value is -0.830. The summed E-state index contributed by atoms with van der Waals surface area (Å²) < 4.78 is 2.30. The summed E-state index contributed by atoms with van der Waals surface area (Å²) in [6.07, 6.45) is 7.92. The minimum atomic E-state index is 0.642. The molecule has 0 radical (unpaired) electrons. The number of nitrogens with zero attached hydrogens (tertiary/aromatic N) is 2. The maximum absolute atomic E-state index is 5.93. The van der Waals surface area contributed by atoms with Crippen LogP contribution in [0.3, 0.4) is 0 Å². The van der Waals surface area contributed by atoms with Crippen molar-refractivity contribution in [2.45, 2.75) is 65.5 Å². The molecule has 3 unspecified atom stereocenters. The van der Waals surface area contributed by atoms with E-state index in [1.165, 1.54) is 42.6 Å². The molecule has 1 aromatic heterocycles. The van der Waals surface area contributed by atoms with E-state index in [4.69, 9.17) is 10.8 Å². The van der Waals surface area contributed by atoms with E-state index < -0.39 is 0 Å². The maximum atomic E-state index is 5.93. The van der Waals surface area contributed by atoms with Gasteiger partial charge in [0, 0.05) is 24.3 Å². The predicted octanol–water partition coefficient (Wildman–Crippen LogP) is 2.90. The summed E-state index contributed by atoms with van der Waals surface area (Å²) in [7, 11) is 0. The Bertz CT molecular complexity index is 449. The molecule has 3 rings (SSSR count). The van der Waals surface area contributed by atoms with Gasteiger partial charge in [0.1, 0.15) is 0 Å². The molecule has 3 atom stereocenters. The standard InChI is InChI=1S/C16H27N3/c1-3-15-14(9-17)16(4-2)19(18-15)10-13-8-11-5-6-12(13)7-11/h11-13H,3-10,17H2,1-2H3. The van der Waals surface area contributed by atoms with E-state index in [0.717, 1.165) is 37.1 Å². The highest BCUT2D eigenvalue weighted by molar-refractivity contribution is 5.26. The van der Waals surface area contributed by atoms with E-state index in [2.05, 4.69) is 18.5 Å². The third-order valence-electron chi connectivity index (χ3n) is 5.42. The first-order chi connectivity index (χ1) is 9.26. The molecular formula is C16H27N3. The monoisotopic (exact) mass is 261 g/mol. The van der Waals surface area contributed by atoms with Crippen LogP contribution in [-0.2, 0) is 25.9 Å². The Balaban J connectivity index is 1.82. The maximum Gasteiger partial charge on any atom is 0.0669 e. The molecule has 3 heteroatoms. The molecule has 19 heavy (non-hydrogen) atoms. The van der Waals surface area contributed by atoms with Crippen LogP contribution < -0.4 is 5.73 Å². The lowest BCUT2D eigenvalue weighted by atomic mass is 9.89. The SMILES string of the molecule is CCc1nn(CC2CC3CCC2C3)c(CC)c1CN. The quantitative estimate of drug-likeness (QED) is 0.885. The van der Waals surface area contributed by atoms with Gasteiger partial charge in [-0.25, -0.2) is 0 Å². The average molecular weight is 261 g/mol. The van der Waals surface area contributed by atoms with Crippen LogP contribution in [-0.4, -0.2) is 9.78 Å². The Morgan fingerprint density at radius 3 is 2.58 bits per heavy atom. The molecule has 106 valence electrons. The first kappa shape index (κ1) is 13.2. The molecule has 2 aliphatic rings. The van der Waals surface area contributed by atoms with Crippen molar-refractivity contribution < 1.29 is 0 Å². The fourth-order valence-corrected chi connectivity index (χ4v) is 4.48. The lowest BCUT2D eigenvalue weighted by Crippen LogP contribution is -2.19. The summed E-state index contributed by atoms with van der Waals surface area (Å²) in [5.74, 6) is 2.87. The van der Waals surface area contributed by atoms with E-state index >= 15 is 0 Å². The molecule has 0 saturated heterocycles. The average Bonchev–Trinajstić information content (AvgIpc) is 3.11. The lowest BCUT2D eigenvalue weighted by molar-refractivity contribution is 0.282. The van der Waals surface area contributed by atoms with E-state index in [-0.39, 0.29) is 0 Å². The van der Waals surface area contributed by atoms with Crippen molar-refractivity contribution in [3.8, 4) is 0 Å². The molecule has 0 aromatic carbocycles. The Labute approximate surface area is 116 Å². The second-order valence-corrected chi connectivity index (χ2v) is 6.40. The second-order valence-electron chi connectivity index (χ2n) is 6.40. The van der Waals surface area contributed by atoms with E-state index in [0.29, 0.717) is 6.54 Å². The topological polar surface area (TPSA) is 43.8 Å². The van der Waals surface area contributed by atoms with Crippen LogP contribution in [0.25, 0.3) is 0 Å². The van der Waals surface area contributed by atoms with Gasteiger partial charge in [-0.05, 0) is 49.9 Å². The fraction of sp³-hybridized carbons (Fsp3) is 0.812. The highest BCUT2D eigenvalue weighted by Crippen LogP contribution is 2.48. The molecule has 2 N–H and O–H groups in total. The van der Waals surface area contributed by atoms with Gasteiger partial charge in [0.15, 0.2) is 0 Å². The van der Waals surface area contributed by atoms with Gasteiger partial charge < -0.3 is 5.73 Å². The Morgan fingerprint density at radius 1 is 1.21 bits per heavy atom. The zero-order valence-corrected chi connectivity index (χ0v) is 12.4. The van der Waals surface area contributed by atoms with Gasteiger partial charge in [-0.2, -0.15) is 5.10 Å². The van der Waals surface area contributed by atoms with Crippen molar-refractivity contribution in [1.82, 2.24) is 9.78 Å². The van der Waals surface area contributed by atoms with Gasteiger partial charge in [0.25, 0.3) is 0 Å². The molecule has 2 saturated carbocycles. The summed E-state index contributed by atoms with van der Waals surface area (Å²) in [5, 5.41) is 4.85. The number of fused-ring (bicyclic) bond motifs is 2. The fourth-order valence-electron chi connectivity index (χ4n) is 4.48. The Morgan fingerprint density at radius 2 is 2.05 bits per heavy atom. The Kier molecular flexibility index (Phi) is 3.66. The highest BCUT2D eigenvalue weighted by atomic mass is 15.3.